The van der Waals surface area contributed by atoms with Gasteiger partial charge in [0.25, 0.3) is 0 Å². The van der Waals surface area contributed by atoms with Crippen molar-refractivity contribution in [1.29, 1.82) is 0 Å². The van der Waals surface area contributed by atoms with E-state index in [9.17, 15) is 30.3 Å². The topological polar surface area (TPSA) is 149 Å². The Labute approximate surface area is 478 Å². The number of carbonyl (C=O) groups is 1. The first-order chi connectivity index (χ1) is 38.3. The maximum atomic E-state index is 13.1. The van der Waals surface area contributed by atoms with Gasteiger partial charge in [0.2, 0.25) is 5.91 Å². The minimum Gasteiger partial charge on any atom is -0.394 e. The van der Waals surface area contributed by atoms with Crippen molar-refractivity contribution in [2.45, 2.75) is 307 Å². The molecule has 0 aromatic carbocycles. The smallest absolute Gasteiger partial charge is 0.220 e. The third-order valence-electron chi connectivity index (χ3n) is 14.6. The van der Waals surface area contributed by atoms with Crippen molar-refractivity contribution in [3.05, 3.63) is 109 Å². The molecule has 1 fully saturated rings. The maximum Gasteiger partial charge on any atom is 0.220 e. The van der Waals surface area contributed by atoms with Crippen LogP contribution >= 0.6 is 0 Å². The lowest BCUT2D eigenvalue weighted by Gasteiger charge is -2.40. The van der Waals surface area contributed by atoms with Gasteiger partial charge in [-0.2, -0.15) is 0 Å². The van der Waals surface area contributed by atoms with Crippen molar-refractivity contribution in [3.8, 4) is 0 Å². The molecule has 78 heavy (non-hydrogen) atoms. The molecule has 9 nitrogen and oxygen atoms in total. The average Bonchev–Trinajstić information content (AvgIpc) is 3.45. The third-order valence-corrected chi connectivity index (χ3v) is 14.6. The van der Waals surface area contributed by atoms with E-state index in [2.05, 4.69) is 129 Å². The number of nitrogens with one attached hydrogen (secondary N) is 1. The number of hydrogen-bond acceptors (Lipinski definition) is 8. The second-order valence-corrected chi connectivity index (χ2v) is 21.8. The van der Waals surface area contributed by atoms with E-state index in [1.807, 2.05) is 0 Å². The molecule has 448 valence electrons. The summed E-state index contributed by atoms with van der Waals surface area (Å²) in [6.07, 6.45) is 77.1. The molecule has 7 unspecified atom stereocenters. The summed E-state index contributed by atoms with van der Waals surface area (Å²) >= 11 is 0. The minimum atomic E-state index is -1.57. The monoisotopic (exact) mass is 1090 g/mol. The molecule has 1 rings (SSSR count). The normalized spacial score (nSPS) is 19.4. The molecule has 0 bridgehead atoms. The van der Waals surface area contributed by atoms with Crippen molar-refractivity contribution in [3.63, 3.8) is 0 Å². The van der Waals surface area contributed by atoms with E-state index in [-0.39, 0.29) is 18.9 Å². The molecule has 0 aromatic rings. The van der Waals surface area contributed by atoms with Crippen molar-refractivity contribution in [2.75, 3.05) is 13.2 Å². The summed E-state index contributed by atoms with van der Waals surface area (Å²) < 4.78 is 11.3. The zero-order valence-corrected chi connectivity index (χ0v) is 49.9. The second kappa shape index (κ2) is 57.1. The lowest BCUT2D eigenvalue weighted by molar-refractivity contribution is -0.302. The van der Waals surface area contributed by atoms with Crippen LogP contribution in [0.25, 0.3) is 0 Å². The summed E-state index contributed by atoms with van der Waals surface area (Å²) in [5, 5.41) is 54.8. The van der Waals surface area contributed by atoms with Gasteiger partial charge in [-0.05, 0) is 77.0 Å². The lowest BCUT2D eigenvalue weighted by atomic mass is 9.99. The lowest BCUT2D eigenvalue weighted by Crippen LogP contribution is -2.60. The number of amides is 1. The molecule has 1 saturated heterocycles. The number of hydrogen-bond donors (Lipinski definition) is 6. The second-order valence-electron chi connectivity index (χ2n) is 21.8. The first kappa shape index (κ1) is 72.9. The highest BCUT2D eigenvalue weighted by molar-refractivity contribution is 5.76. The van der Waals surface area contributed by atoms with Gasteiger partial charge in [-0.3, -0.25) is 4.79 Å². The zero-order chi connectivity index (χ0) is 56.5. The van der Waals surface area contributed by atoms with E-state index >= 15 is 0 Å². The first-order valence-corrected chi connectivity index (χ1v) is 32.1. The van der Waals surface area contributed by atoms with E-state index in [4.69, 9.17) is 9.47 Å². The predicted molar refractivity (Wildman–Crippen MR) is 331 cm³/mol. The van der Waals surface area contributed by atoms with Crippen LogP contribution in [0.3, 0.4) is 0 Å². The third kappa shape index (κ3) is 45.6. The number of carbonyl (C=O) groups excluding carboxylic acids is 1. The zero-order valence-electron chi connectivity index (χ0n) is 49.9. The molecule has 1 aliphatic heterocycles. The Balaban J connectivity index is 2.23. The fourth-order valence-corrected chi connectivity index (χ4v) is 9.64. The molecule has 9 heteroatoms. The Bertz CT molecular complexity index is 1590. The minimum absolute atomic E-state index is 0.168. The molecule has 6 N–H and O–H groups in total. The Morgan fingerprint density at radius 1 is 0.449 bits per heavy atom. The average molecular weight is 1090 g/mol. The van der Waals surface area contributed by atoms with Gasteiger partial charge in [0.1, 0.15) is 24.4 Å². The Morgan fingerprint density at radius 3 is 1.13 bits per heavy atom. The Morgan fingerprint density at radius 2 is 0.782 bits per heavy atom. The van der Waals surface area contributed by atoms with E-state index < -0.39 is 49.5 Å². The van der Waals surface area contributed by atoms with E-state index in [1.165, 1.54) is 148 Å². The molecule has 1 amide bonds. The first-order valence-electron chi connectivity index (χ1n) is 32.1. The van der Waals surface area contributed by atoms with Crippen LogP contribution in [0.15, 0.2) is 109 Å². The summed E-state index contributed by atoms with van der Waals surface area (Å²) in [4.78, 5) is 13.1. The number of aliphatic hydroxyl groups excluding tert-OH is 5. The molecule has 1 aliphatic rings. The molecule has 0 aromatic heterocycles. The highest BCUT2D eigenvalue weighted by atomic mass is 16.7. The molecule has 0 radical (unpaired) electrons. The summed E-state index contributed by atoms with van der Waals surface area (Å²) in [5.74, 6) is -0.203. The van der Waals surface area contributed by atoms with Gasteiger partial charge in [0, 0.05) is 6.42 Å². The van der Waals surface area contributed by atoms with Crippen molar-refractivity contribution < 1.29 is 39.8 Å². The number of ether oxygens (including phenoxy) is 2. The van der Waals surface area contributed by atoms with Crippen LogP contribution in [0.2, 0.25) is 0 Å². The van der Waals surface area contributed by atoms with Gasteiger partial charge in [-0.25, -0.2) is 0 Å². The molecule has 7 atom stereocenters. The predicted octanol–water partition coefficient (Wildman–Crippen LogP) is 16.9. The molecule has 0 saturated carbocycles. The highest BCUT2D eigenvalue weighted by Crippen LogP contribution is 2.23. The van der Waals surface area contributed by atoms with E-state index in [0.717, 1.165) is 83.5 Å². The Hall–Kier alpha value is -3.15. The number of rotatable bonds is 54. The van der Waals surface area contributed by atoms with Crippen molar-refractivity contribution >= 4 is 5.91 Å². The van der Waals surface area contributed by atoms with Gasteiger partial charge >= 0.3 is 0 Å². The van der Waals surface area contributed by atoms with Gasteiger partial charge in [0.15, 0.2) is 6.29 Å². The van der Waals surface area contributed by atoms with E-state index in [0.29, 0.717) is 12.8 Å². The summed E-state index contributed by atoms with van der Waals surface area (Å²) in [6.45, 7) is 3.71. The van der Waals surface area contributed by atoms with Crippen LogP contribution in [-0.2, 0) is 14.3 Å². The highest BCUT2D eigenvalue weighted by Gasteiger charge is 2.44. The van der Waals surface area contributed by atoms with Crippen molar-refractivity contribution in [2.24, 2.45) is 0 Å². The van der Waals surface area contributed by atoms with Gasteiger partial charge in [-0.15, -0.1) is 0 Å². The molecule has 0 spiro atoms. The Kier molecular flexibility index (Phi) is 53.3. The molecule has 1 heterocycles. The summed E-state index contributed by atoms with van der Waals surface area (Å²) in [7, 11) is 0. The summed E-state index contributed by atoms with van der Waals surface area (Å²) in [6, 6.07) is -0.760. The quantitative estimate of drug-likeness (QED) is 0.0261. The van der Waals surface area contributed by atoms with Crippen LogP contribution < -0.4 is 5.32 Å². The number of aliphatic hydroxyl groups is 5. The van der Waals surface area contributed by atoms with Gasteiger partial charge < -0.3 is 40.3 Å². The fraction of sp³-hybridized carbons (Fsp3) is 0.725. The molecule has 0 aliphatic carbocycles. The standard InChI is InChI=1S/C69H119NO8/c1-3-5-7-9-11-13-15-17-19-21-23-25-27-29-31-32-33-35-37-39-41-43-45-47-49-51-53-55-57-59-65(73)70-62(61-77-69-68(76)67(75)66(74)64(60-71)78-69)63(72)58-56-54-52-50-48-46-44-42-40-38-36-34-30-28-26-24-22-20-18-16-14-12-10-8-6-4-2/h5,7,11,13,17,19,23,25,29,31,33,35,39,41,45,47,51,53,62-64,66-69,71-72,74-76H,3-4,6,8-10,12,14-16,18,20-22,24,26-28,30,32,34,36-38,40,42-44,46,48-50,52,54-61H2,1-2H3,(H,70,73)/b7-5-,13-11-,19-17-,25-23-,31-29-,35-33-,41-39-,47-45-,53-51-. The fourth-order valence-electron chi connectivity index (χ4n) is 9.64. The number of allylic oxidation sites excluding steroid dienone is 18. The van der Waals surface area contributed by atoms with Crippen LogP contribution in [-0.4, -0.2) is 87.5 Å². The van der Waals surface area contributed by atoms with Crippen molar-refractivity contribution in [1.82, 2.24) is 5.32 Å². The summed E-state index contributed by atoms with van der Waals surface area (Å²) in [5.41, 5.74) is 0. The SMILES string of the molecule is CC/C=C\C/C=C\C/C=C\C/C=C\C/C=C\C/C=C\C/C=C\C/C=C\C/C=C\CCCC(=O)NC(COC1OC(CO)C(O)C(O)C1O)C(O)CCCCCCCCCCCCCCCCCCCCCCCCCCCC. The van der Waals surface area contributed by atoms with Gasteiger partial charge in [-0.1, -0.05) is 290 Å². The van der Waals surface area contributed by atoms with Crippen LogP contribution in [0.5, 0.6) is 0 Å². The molecular formula is C69H119NO8. The van der Waals surface area contributed by atoms with Crippen LogP contribution in [0.1, 0.15) is 264 Å². The van der Waals surface area contributed by atoms with Crippen LogP contribution in [0, 0.1) is 0 Å². The molecular weight excluding hydrogens is 971 g/mol. The maximum absolute atomic E-state index is 13.1. The van der Waals surface area contributed by atoms with Gasteiger partial charge in [0.05, 0.1) is 25.4 Å². The van der Waals surface area contributed by atoms with E-state index in [1.54, 1.807) is 0 Å². The largest absolute Gasteiger partial charge is 0.394 e. The number of unbranched alkanes of at least 4 members (excludes halogenated alkanes) is 26. The van der Waals surface area contributed by atoms with Crippen LogP contribution in [0.4, 0.5) is 0 Å².